The van der Waals surface area contributed by atoms with Gasteiger partial charge in [0.25, 0.3) is 0 Å². The summed E-state index contributed by atoms with van der Waals surface area (Å²) < 4.78 is 0. The number of carboxylic acid groups (broad SMARTS) is 1. The molecule has 1 aromatic carbocycles. The lowest BCUT2D eigenvalue weighted by Crippen LogP contribution is -2.09. The van der Waals surface area contributed by atoms with Crippen molar-refractivity contribution in [2.45, 2.75) is 0 Å². The SMILES string of the molecule is Nc1ccc2c(NC(=O)O)ncnc2c1. The van der Waals surface area contributed by atoms with Gasteiger partial charge >= 0.3 is 6.09 Å². The lowest BCUT2D eigenvalue weighted by Gasteiger charge is -2.04. The van der Waals surface area contributed by atoms with Crippen LogP contribution in [0.5, 0.6) is 0 Å². The minimum atomic E-state index is -1.16. The van der Waals surface area contributed by atoms with Gasteiger partial charge < -0.3 is 10.8 Å². The molecule has 0 aliphatic carbocycles. The summed E-state index contributed by atoms with van der Waals surface area (Å²) in [4.78, 5) is 18.3. The Bertz CT molecular complexity index is 527. The molecule has 1 heterocycles. The van der Waals surface area contributed by atoms with Crippen molar-refractivity contribution in [2.75, 3.05) is 11.1 Å². The number of anilines is 2. The van der Waals surface area contributed by atoms with Crippen molar-refractivity contribution in [3.05, 3.63) is 24.5 Å². The Morgan fingerprint density at radius 3 is 2.93 bits per heavy atom. The summed E-state index contributed by atoms with van der Waals surface area (Å²) in [5.41, 5.74) is 6.76. The van der Waals surface area contributed by atoms with Crippen molar-refractivity contribution in [1.29, 1.82) is 0 Å². The van der Waals surface area contributed by atoms with E-state index in [1.165, 1.54) is 6.33 Å². The van der Waals surface area contributed by atoms with Crippen LogP contribution in [0.4, 0.5) is 16.3 Å². The van der Waals surface area contributed by atoms with Gasteiger partial charge in [-0.1, -0.05) is 0 Å². The summed E-state index contributed by atoms with van der Waals surface area (Å²) >= 11 is 0. The van der Waals surface area contributed by atoms with Crippen molar-refractivity contribution in [1.82, 2.24) is 9.97 Å². The molecule has 0 bridgehead atoms. The fourth-order valence-corrected chi connectivity index (χ4v) is 1.27. The third-order valence-corrected chi connectivity index (χ3v) is 1.89. The Morgan fingerprint density at radius 2 is 2.20 bits per heavy atom. The molecule has 0 saturated heterocycles. The zero-order valence-electron chi connectivity index (χ0n) is 7.64. The van der Waals surface area contributed by atoms with E-state index in [1.807, 2.05) is 0 Å². The molecular weight excluding hydrogens is 196 g/mol. The van der Waals surface area contributed by atoms with E-state index in [2.05, 4.69) is 15.3 Å². The van der Waals surface area contributed by atoms with E-state index in [-0.39, 0.29) is 5.82 Å². The molecule has 15 heavy (non-hydrogen) atoms. The molecule has 0 atom stereocenters. The van der Waals surface area contributed by atoms with Gasteiger partial charge in [0, 0.05) is 11.1 Å². The zero-order valence-corrected chi connectivity index (χ0v) is 7.64. The van der Waals surface area contributed by atoms with E-state index >= 15 is 0 Å². The highest BCUT2D eigenvalue weighted by Gasteiger charge is 2.05. The maximum atomic E-state index is 10.5. The molecular formula is C9H8N4O2. The molecule has 0 saturated carbocycles. The van der Waals surface area contributed by atoms with E-state index in [4.69, 9.17) is 10.8 Å². The number of hydrogen-bond acceptors (Lipinski definition) is 4. The summed E-state index contributed by atoms with van der Waals surface area (Å²) in [5.74, 6) is 0.257. The molecule has 1 aromatic heterocycles. The van der Waals surface area contributed by atoms with E-state index in [0.29, 0.717) is 16.6 Å². The van der Waals surface area contributed by atoms with Crippen LogP contribution >= 0.6 is 0 Å². The lowest BCUT2D eigenvalue weighted by molar-refractivity contribution is 0.209. The second kappa shape index (κ2) is 3.41. The van der Waals surface area contributed by atoms with Crippen LogP contribution in [-0.4, -0.2) is 21.2 Å². The smallest absolute Gasteiger partial charge is 0.410 e. The van der Waals surface area contributed by atoms with Crippen LogP contribution in [0.15, 0.2) is 24.5 Å². The normalized spacial score (nSPS) is 10.1. The summed E-state index contributed by atoms with van der Waals surface area (Å²) in [5, 5.41) is 11.4. The molecule has 6 heteroatoms. The van der Waals surface area contributed by atoms with Gasteiger partial charge in [-0.3, -0.25) is 5.32 Å². The Hall–Kier alpha value is -2.37. The largest absolute Gasteiger partial charge is 0.465 e. The third kappa shape index (κ3) is 1.78. The van der Waals surface area contributed by atoms with Gasteiger partial charge in [-0.15, -0.1) is 0 Å². The Kier molecular flexibility index (Phi) is 2.09. The van der Waals surface area contributed by atoms with Crippen LogP contribution in [0.3, 0.4) is 0 Å². The lowest BCUT2D eigenvalue weighted by atomic mass is 10.2. The van der Waals surface area contributed by atoms with Gasteiger partial charge in [0.1, 0.15) is 12.1 Å². The molecule has 4 N–H and O–H groups in total. The van der Waals surface area contributed by atoms with Gasteiger partial charge in [0.15, 0.2) is 0 Å². The van der Waals surface area contributed by atoms with Gasteiger partial charge in [-0.05, 0) is 18.2 Å². The van der Waals surface area contributed by atoms with Gasteiger partial charge in [0.2, 0.25) is 0 Å². The average molecular weight is 204 g/mol. The number of rotatable bonds is 1. The quantitative estimate of drug-likeness (QED) is 0.608. The summed E-state index contributed by atoms with van der Waals surface area (Å²) in [6.07, 6.45) is 0.124. The topological polar surface area (TPSA) is 101 Å². The molecule has 0 unspecified atom stereocenters. The highest BCUT2D eigenvalue weighted by Crippen LogP contribution is 2.20. The summed E-state index contributed by atoms with van der Waals surface area (Å²) in [6.45, 7) is 0. The van der Waals surface area contributed by atoms with E-state index in [1.54, 1.807) is 18.2 Å². The molecule has 0 spiro atoms. The van der Waals surface area contributed by atoms with Crippen molar-refractivity contribution >= 4 is 28.5 Å². The van der Waals surface area contributed by atoms with Crippen molar-refractivity contribution in [2.24, 2.45) is 0 Å². The second-order valence-electron chi connectivity index (χ2n) is 2.93. The second-order valence-corrected chi connectivity index (χ2v) is 2.93. The summed E-state index contributed by atoms with van der Waals surface area (Å²) in [7, 11) is 0. The number of amides is 1. The third-order valence-electron chi connectivity index (χ3n) is 1.89. The van der Waals surface area contributed by atoms with Gasteiger partial charge in [0.05, 0.1) is 5.52 Å². The number of fused-ring (bicyclic) bond motifs is 1. The van der Waals surface area contributed by atoms with Gasteiger partial charge in [-0.2, -0.15) is 0 Å². The maximum Gasteiger partial charge on any atom is 0.410 e. The number of nitrogens with zero attached hydrogens (tertiary/aromatic N) is 2. The first-order chi connectivity index (χ1) is 7.16. The highest BCUT2D eigenvalue weighted by molar-refractivity contribution is 5.96. The Labute approximate surface area is 84.8 Å². The van der Waals surface area contributed by atoms with E-state index < -0.39 is 6.09 Å². The fraction of sp³-hybridized carbons (Fsp3) is 0. The van der Waals surface area contributed by atoms with Crippen molar-refractivity contribution < 1.29 is 9.90 Å². The highest BCUT2D eigenvalue weighted by atomic mass is 16.4. The number of nitrogens with one attached hydrogen (secondary N) is 1. The number of aromatic nitrogens is 2. The molecule has 2 aromatic rings. The van der Waals surface area contributed by atoms with Gasteiger partial charge in [-0.25, -0.2) is 14.8 Å². The van der Waals surface area contributed by atoms with Crippen LogP contribution in [0.1, 0.15) is 0 Å². The molecule has 0 aliphatic rings. The predicted molar refractivity (Wildman–Crippen MR) is 55.6 cm³/mol. The zero-order chi connectivity index (χ0) is 10.8. The Balaban J connectivity index is 2.60. The van der Waals surface area contributed by atoms with Crippen LogP contribution in [0, 0.1) is 0 Å². The van der Waals surface area contributed by atoms with Crippen LogP contribution in [-0.2, 0) is 0 Å². The molecule has 1 amide bonds. The number of hydrogen-bond donors (Lipinski definition) is 3. The first-order valence-electron chi connectivity index (χ1n) is 4.17. The first kappa shape index (κ1) is 9.20. The first-order valence-corrected chi connectivity index (χ1v) is 4.17. The standard InChI is InChI=1S/C9H8N4O2/c10-5-1-2-6-7(3-5)11-4-12-8(6)13-9(14)15/h1-4H,10H2,(H,14,15)(H,11,12,13). The van der Waals surface area contributed by atoms with Crippen molar-refractivity contribution in [3.63, 3.8) is 0 Å². The molecule has 76 valence electrons. The number of benzene rings is 1. The predicted octanol–water partition coefficient (Wildman–Crippen LogP) is 1.30. The van der Waals surface area contributed by atoms with Crippen LogP contribution < -0.4 is 11.1 Å². The van der Waals surface area contributed by atoms with Crippen molar-refractivity contribution in [3.8, 4) is 0 Å². The van der Waals surface area contributed by atoms with Crippen LogP contribution in [0.25, 0.3) is 10.9 Å². The molecule has 0 radical (unpaired) electrons. The Morgan fingerprint density at radius 1 is 1.40 bits per heavy atom. The van der Waals surface area contributed by atoms with E-state index in [9.17, 15) is 4.79 Å². The monoisotopic (exact) mass is 204 g/mol. The van der Waals surface area contributed by atoms with Crippen LogP contribution in [0.2, 0.25) is 0 Å². The molecule has 0 aliphatic heterocycles. The molecule has 6 nitrogen and oxygen atoms in total. The summed E-state index contributed by atoms with van der Waals surface area (Å²) in [6, 6.07) is 5.00. The fourth-order valence-electron chi connectivity index (χ4n) is 1.27. The minimum absolute atomic E-state index is 0.257. The maximum absolute atomic E-state index is 10.5. The molecule has 2 rings (SSSR count). The average Bonchev–Trinajstić information content (AvgIpc) is 2.16. The minimum Gasteiger partial charge on any atom is -0.465 e. The van der Waals surface area contributed by atoms with E-state index in [0.717, 1.165) is 0 Å². The number of nitrogen functional groups attached to an aromatic ring is 1. The number of nitrogens with two attached hydrogens (primary N) is 1. The number of carbonyl (C=O) groups is 1. The molecule has 0 fully saturated rings.